The third kappa shape index (κ3) is 6.34. The zero-order valence-electron chi connectivity index (χ0n) is 16.1. The molecule has 1 fully saturated rings. The molecule has 1 saturated heterocycles. The fraction of sp³-hybridized carbons (Fsp3) is 0.611. The van der Waals surface area contributed by atoms with Gasteiger partial charge in [-0.1, -0.05) is 0 Å². The van der Waals surface area contributed by atoms with Crippen LogP contribution in [0.5, 0.6) is 5.75 Å². The van der Waals surface area contributed by atoms with Gasteiger partial charge in [0, 0.05) is 0 Å². The number of nitrogens with one attached hydrogen (secondary N) is 2. The number of piperidine rings is 1. The first-order valence-electron chi connectivity index (χ1n) is 8.98. The number of nitrogens with zero attached hydrogens (tertiary/aromatic N) is 2. The minimum absolute atomic E-state index is 0. The average molecular weight is 401 g/mol. The molecule has 0 bridgehead atoms. The molecular formula is C18H29ClN4O4. The molecule has 0 radical (unpaired) electrons. The highest BCUT2D eigenvalue weighted by Crippen LogP contribution is 2.29. The summed E-state index contributed by atoms with van der Waals surface area (Å²) in [6.45, 7) is 4.60. The Labute approximate surface area is 166 Å². The van der Waals surface area contributed by atoms with Crippen LogP contribution in [-0.2, 0) is 4.79 Å². The van der Waals surface area contributed by atoms with Crippen molar-refractivity contribution in [3.63, 3.8) is 0 Å². The first-order chi connectivity index (χ1) is 12.5. The summed E-state index contributed by atoms with van der Waals surface area (Å²) in [6, 6.07) is 4.08. The van der Waals surface area contributed by atoms with Gasteiger partial charge in [0.2, 0.25) is 5.91 Å². The van der Waals surface area contributed by atoms with Gasteiger partial charge >= 0.3 is 0 Å². The van der Waals surface area contributed by atoms with Crippen LogP contribution >= 0.6 is 12.4 Å². The van der Waals surface area contributed by atoms with Gasteiger partial charge in [-0.2, -0.15) is 0 Å². The second-order valence-corrected chi connectivity index (χ2v) is 6.68. The number of halogens is 1. The molecule has 1 amide bonds. The molecule has 2 rings (SSSR count). The van der Waals surface area contributed by atoms with Crippen molar-refractivity contribution in [1.82, 2.24) is 10.2 Å². The van der Waals surface area contributed by atoms with Crippen molar-refractivity contribution >= 4 is 29.7 Å². The fourth-order valence-electron chi connectivity index (χ4n) is 3.28. The van der Waals surface area contributed by atoms with Gasteiger partial charge in [-0.3, -0.25) is 19.8 Å². The maximum absolute atomic E-state index is 12.6. The molecule has 27 heavy (non-hydrogen) atoms. The molecular weight excluding hydrogens is 372 g/mol. The Bertz CT molecular complexity index is 636. The van der Waals surface area contributed by atoms with Gasteiger partial charge in [0.1, 0.15) is 11.4 Å². The van der Waals surface area contributed by atoms with Crippen LogP contribution in [0.2, 0.25) is 0 Å². The Morgan fingerprint density at radius 2 is 2.07 bits per heavy atom. The Hall–Kier alpha value is -1.90. The van der Waals surface area contributed by atoms with E-state index in [-0.39, 0.29) is 35.7 Å². The molecule has 9 heteroatoms. The van der Waals surface area contributed by atoms with E-state index in [1.54, 1.807) is 6.07 Å². The van der Waals surface area contributed by atoms with Crippen LogP contribution in [0, 0.1) is 16.0 Å². The number of methoxy groups -OCH3 is 1. The minimum atomic E-state index is -0.518. The molecule has 8 nitrogen and oxygen atoms in total. The van der Waals surface area contributed by atoms with Crippen molar-refractivity contribution in [3.8, 4) is 5.75 Å². The number of hydrogen-bond acceptors (Lipinski definition) is 6. The number of nitro benzene ring substituents is 1. The highest BCUT2D eigenvalue weighted by Gasteiger charge is 2.27. The smallest absolute Gasteiger partial charge is 0.296 e. The summed E-state index contributed by atoms with van der Waals surface area (Å²) in [5.41, 5.74) is 0.0206. The van der Waals surface area contributed by atoms with Gasteiger partial charge in [-0.05, 0) is 70.9 Å². The Morgan fingerprint density at radius 1 is 1.41 bits per heavy atom. The molecule has 2 N–H and O–H groups in total. The van der Waals surface area contributed by atoms with E-state index < -0.39 is 4.92 Å². The normalized spacial score (nSPS) is 16.3. The quantitative estimate of drug-likeness (QED) is 0.514. The van der Waals surface area contributed by atoms with Crippen molar-refractivity contribution < 1.29 is 14.5 Å². The maximum Gasteiger partial charge on any atom is 0.296 e. The topological polar surface area (TPSA) is 96.7 Å². The summed E-state index contributed by atoms with van der Waals surface area (Å²) >= 11 is 0. The van der Waals surface area contributed by atoms with E-state index >= 15 is 0 Å². The zero-order chi connectivity index (χ0) is 19.1. The maximum atomic E-state index is 12.6. The lowest BCUT2D eigenvalue weighted by Gasteiger charge is -2.35. The summed E-state index contributed by atoms with van der Waals surface area (Å²) in [5.74, 6) is 0.843. The predicted octanol–water partition coefficient (Wildman–Crippen LogP) is 2.67. The number of likely N-dealkylation sites (tertiary alicyclic amines) is 1. The van der Waals surface area contributed by atoms with Gasteiger partial charge in [-0.15, -0.1) is 12.4 Å². The Balaban J connectivity index is 0.00000364. The molecule has 1 aromatic carbocycles. The van der Waals surface area contributed by atoms with Crippen LogP contribution < -0.4 is 15.4 Å². The standard InChI is InChI=1S/C18H28N4O4.ClH/c1-13(21-10-7-14(8-11-21)6-9-19-2)18(23)20-16-5-4-15(26-3)12-17(16)22(24)25;/h4-5,12-14,19H,6-11H2,1-3H3,(H,20,23);1H. The van der Waals surface area contributed by atoms with Crippen LogP contribution in [0.25, 0.3) is 0 Å². The molecule has 1 aromatic rings. The Morgan fingerprint density at radius 3 is 2.63 bits per heavy atom. The highest BCUT2D eigenvalue weighted by atomic mass is 35.5. The van der Waals surface area contributed by atoms with Gasteiger partial charge in [0.05, 0.1) is 24.1 Å². The van der Waals surface area contributed by atoms with Crippen LogP contribution in [-0.4, -0.2) is 55.6 Å². The average Bonchev–Trinajstić information content (AvgIpc) is 2.66. The number of carbonyl (C=O) groups is 1. The monoisotopic (exact) mass is 400 g/mol. The Kier molecular flexibility index (Phi) is 9.48. The number of rotatable bonds is 8. The van der Waals surface area contributed by atoms with E-state index in [0.717, 1.165) is 38.9 Å². The van der Waals surface area contributed by atoms with E-state index in [9.17, 15) is 14.9 Å². The van der Waals surface area contributed by atoms with Gasteiger partial charge in [-0.25, -0.2) is 0 Å². The third-order valence-electron chi connectivity index (χ3n) is 5.04. The minimum Gasteiger partial charge on any atom is -0.496 e. The van der Waals surface area contributed by atoms with Crippen molar-refractivity contribution in [1.29, 1.82) is 0 Å². The van der Waals surface area contributed by atoms with Crippen LogP contribution in [0.4, 0.5) is 11.4 Å². The van der Waals surface area contributed by atoms with Crippen molar-refractivity contribution in [2.75, 3.05) is 39.1 Å². The van der Waals surface area contributed by atoms with Crippen LogP contribution in [0.1, 0.15) is 26.2 Å². The molecule has 0 aliphatic carbocycles. The SMILES string of the molecule is CNCCC1CCN(C(C)C(=O)Nc2ccc(OC)cc2[N+](=O)[O-])CC1.Cl. The van der Waals surface area contributed by atoms with Gasteiger partial charge in [0.25, 0.3) is 5.69 Å². The van der Waals surface area contributed by atoms with E-state index in [1.807, 2.05) is 14.0 Å². The number of ether oxygens (including phenoxy) is 1. The number of hydrogen-bond donors (Lipinski definition) is 2. The molecule has 1 unspecified atom stereocenters. The summed E-state index contributed by atoms with van der Waals surface area (Å²) < 4.78 is 5.02. The van der Waals surface area contributed by atoms with Gasteiger partial charge in [0.15, 0.2) is 0 Å². The summed E-state index contributed by atoms with van der Waals surface area (Å²) in [7, 11) is 3.40. The summed E-state index contributed by atoms with van der Waals surface area (Å²) in [4.78, 5) is 25.4. The lowest BCUT2D eigenvalue weighted by Crippen LogP contribution is -2.46. The lowest BCUT2D eigenvalue weighted by molar-refractivity contribution is -0.384. The van der Waals surface area contributed by atoms with Crippen molar-refractivity contribution in [3.05, 3.63) is 28.3 Å². The number of amides is 1. The molecule has 1 atom stereocenters. The molecule has 1 aliphatic heterocycles. The largest absolute Gasteiger partial charge is 0.496 e. The molecule has 0 aromatic heterocycles. The number of benzene rings is 1. The second-order valence-electron chi connectivity index (χ2n) is 6.68. The predicted molar refractivity (Wildman–Crippen MR) is 108 cm³/mol. The van der Waals surface area contributed by atoms with E-state index in [0.29, 0.717) is 11.7 Å². The highest BCUT2D eigenvalue weighted by molar-refractivity contribution is 5.96. The van der Waals surface area contributed by atoms with Crippen LogP contribution in [0.3, 0.4) is 0 Å². The molecule has 0 saturated carbocycles. The first-order valence-corrected chi connectivity index (χ1v) is 8.98. The van der Waals surface area contributed by atoms with E-state index in [4.69, 9.17) is 4.74 Å². The van der Waals surface area contributed by atoms with Crippen molar-refractivity contribution in [2.24, 2.45) is 5.92 Å². The molecule has 152 valence electrons. The summed E-state index contributed by atoms with van der Waals surface area (Å²) in [6.07, 6.45) is 3.30. The van der Waals surface area contributed by atoms with Crippen LogP contribution in [0.15, 0.2) is 18.2 Å². The lowest BCUT2D eigenvalue weighted by atomic mass is 9.93. The first kappa shape index (κ1) is 23.1. The molecule has 1 heterocycles. The van der Waals surface area contributed by atoms with E-state index in [2.05, 4.69) is 15.5 Å². The zero-order valence-corrected chi connectivity index (χ0v) is 16.9. The third-order valence-corrected chi connectivity index (χ3v) is 5.04. The summed E-state index contributed by atoms with van der Waals surface area (Å²) in [5, 5.41) is 17.1. The number of nitro groups is 1. The molecule has 1 aliphatic rings. The number of carbonyl (C=O) groups excluding carboxylic acids is 1. The fourth-order valence-corrected chi connectivity index (χ4v) is 3.28. The second kappa shape index (κ2) is 11.1. The molecule has 0 spiro atoms. The van der Waals surface area contributed by atoms with Gasteiger partial charge < -0.3 is 15.4 Å². The van der Waals surface area contributed by atoms with Crippen molar-refractivity contribution in [2.45, 2.75) is 32.2 Å². The number of anilines is 1. The van der Waals surface area contributed by atoms with E-state index in [1.165, 1.54) is 19.2 Å².